The van der Waals surface area contributed by atoms with Crippen LogP contribution in [0.2, 0.25) is 0 Å². The summed E-state index contributed by atoms with van der Waals surface area (Å²) >= 11 is 0. The molecule has 0 aliphatic carbocycles. The third-order valence-electron chi connectivity index (χ3n) is 2.83. The Morgan fingerprint density at radius 1 is 1.40 bits per heavy atom. The highest BCUT2D eigenvalue weighted by molar-refractivity contribution is 5.58. The summed E-state index contributed by atoms with van der Waals surface area (Å²) in [7, 11) is 0. The Balaban J connectivity index is 2.44. The summed E-state index contributed by atoms with van der Waals surface area (Å²) in [6.07, 6.45) is 4.78. The van der Waals surface area contributed by atoms with Gasteiger partial charge in [-0.2, -0.15) is 0 Å². The van der Waals surface area contributed by atoms with Crippen LogP contribution >= 0.6 is 0 Å². The summed E-state index contributed by atoms with van der Waals surface area (Å²) in [5.41, 5.74) is 3.56. The molecule has 0 radical (unpaired) electrons. The Kier molecular flexibility index (Phi) is 3.05. The number of fused-ring (bicyclic) bond motifs is 1. The molecule has 15 heavy (non-hydrogen) atoms. The largest absolute Gasteiger partial charge is 0.493 e. The topological polar surface area (TPSA) is 26.3 Å². The Hall–Kier alpha value is -1.31. The van der Waals surface area contributed by atoms with Crippen LogP contribution in [0.5, 0.6) is 5.75 Å². The number of carbonyl (C=O) groups is 1. The molecule has 0 unspecified atom stereocenters. The highest BCUT2D eigenvalue weighted by atomic mass is 16.5. The highest BCUT2D eigenvalue weighted by Crippen LogP contribution is 2.29. The Labute approximate surface area is 90.3 Å². The van der Waals surface area contributed by atoms with Crippen LogP contribution in [0.15, 0.2) is 12.1 Å². The van der Waals surface area contributed by atoms with Gasteiger partial charge < -0.3 is 9.53 Å². The summed E-state index contributed by atoms with van der Waals surface area (Å²) < 4.78 is 5.70. The molecule has 1 aromatic carbocycles. The van der Waals surface area contributed by atoms with E-state index in [0.29, 0.717) is 6.42 Å². The molecule has 0 atom stereocenters. The monoisotopic (exact) mass is 204 g/mol. The number of aldehydes is 1. The lowest BCUT2D eigenvalue weighted by molar-refractivity contribution is -0.107. The molecule has 2 nitrogen and oxygen atoms in total. The quantitative estimate of drug-likeness (QED) is 0.692. The van der Waals surface area contributed by atoms with Gasteiger partial charge in [0.1, 0.15) is 12.0 Å². The average Bonchev–Trinajstić information content (AvgIpc) is 2.43. The number of rotatable bonds is 2. The maximum Gasteiger partial charge on any atom is 0.124 e. The third kappa shape index (κ3) is 2.20. The van der Waals surface area contributed by atoms with Crippen molar-refractivity contribution in [2.45, 2.75) is 32.6 Å². The summed E-state index contributed by atoms with van der Waals surface area (Å²) in [6, 6.07) is 4.18. The van der Waals surface area contributed by atoms with Crippen LogP contribution in [-0.2, 0) is 17.6 Å². The first-order valence-electron chi connectivity index (χ1n) is 5.50. The summed E-state index contributed by atoms with van der Waals surface area (Å²) in [6.45, 7) is 2.85. The fourth-order valence-corrected chi connectivity index (χ4v) is 2.13. The van der Waals surface area contributed by atoms with Gasteiger partial charge in [-0.1, -0.05) is 6.07 Å². The van der Waals surface area contributed by atoms with Crippen molar-refractivity contribution < 1.29 is 9.53 Å². The predicted molar refractivity (Wildman–Crippen MR) is 59.4 cm³/mol. The van der Waals surface area contributed by atoms with Crippen molar-refractivity contribution in [3.63, 3.8) is 0 Å². The highest BCUT2D eigenvalue weighted by Gasteiger charge is 2.13. The van der Waals surface area contributed by atoms with E-state index in [-0.39, 0.29) is 0 Å². The van der Waals surface area contributed by atoms with Gasteiger partial charge in [0, 0.05) is 6.42 Å². The zero-order chi connectivity index (χ0) is 10.7. The van der Waals surface area contributed by atoms with Crippen LogP contribution < -0.4 is 4.74 Å². The van der Waals surface area contributed by atoms with E-state index >= 15 is 0 Å². The number of hydrogen-bond donors (Lipinski definition) is 0. The van der Waals surface area contributed by atoms with E-state index in [9.17, 15) is 4.79 Å². The molecule has 1 aromatic rings. The number of carbonyl (C=O) groups excluding carboxylic acids is 1. The molecule has 2 heteroatoms. The first-order chi connectivity index (χ1) is 7.31. The average molecular weight is 204 g/mol. The lowest BCUT2D eigenvalue weighted by Gasteiger charge is -2.12. The molecule has 0 amide bonds. The zero-order valence-corrected chi connectivity index (χ0v) is 9.08. The molecule has 0 saturated carbocycles. The molecule has 1 heterocycles. The van der Waals surface area contributed by atoms with Crippen molar-refractivity contribution in [3.05, 3.63) is 28.8 Å². The van der Waals surface area contributed by atoms with Gasteiger partial charge in [-0.15, -0.1) is 0 Å². The Bertz CT molecular complexity index is 369. The van der Waals surface area contributed by atoms with Crippen LogP contribution in [-0.4, -0.2) is 12.9 Å². The van der Waals surface area contributed by atoms with E-state index in [2.05, 4.69) is 12.1 Å². The van der Waals surface area contributed by atoms with E-state index in [1.807, 2.05) is 6.92 Å². The van der Waals surface area contributed by atoms with E-state index < -0.39 is 0 Å². The molecule has 1 aliphatic heterocycles. The maximum absolute atomic E-state index is 10.6. The fraction of sp³-hybridized carbons (Fsp3) is 0.462. The van der Waals surface area contributed by atoms with Crippen molar-refractivity contribution in [3.8, 4) is 5.75 Å². The van der Waals surface area contributed by atoms with E-state index in [0.717, 1.165) is 43.5 Å². The van der Waals surface area contributed by atoms with Gasteiger partial charge >= 0.3 is 0 Å². The Morgan fingerprint density at radius 3 is 3.07 bits per heavy atom. The summed E-state index contributed by atoms with van der Waals surface area (Å²) in [5.74, 6) is 0.990. The molecule has 2 rings (SSSR count). The number of hydrogen-bond acceptors (Lipinski definition) is 2. The SMILES string of the molecule is Cc1cc(CC=O)c2c(c1)OCCCC2. The lowest BCUT2D eigenvalue weighted by atomic mass is 9.97. The zero-order valence-electron chi connectivity index (χ0n) is 9.08. The van der Waals surface area contributed by atoms with Crippen molar-refractivity contribution in [1.29, 1.82) is 0 Å². The van der Waals surface area contributed by atoms with Gasteiger partial charge in [0.05, 0.1) is 6.61 Å². The van der Waals surface area contributed by atoms with E-state index in [4.69, 9.17) is 4.74 Å². The van der Waals surface area contributed by atoms with Gasteiger partial charge in [0.15, 0.2) is 0 Å². The van der Waals surface area contributed by atoms with Crippen LogP contribution in [0.4, 0.5) is 0 Å². The van der Waals surface area contributed by atoms with Gasteiger partial charge in [-0.05, 0) is 48.9 Å². The number of aryl methyl sites for hydroxylation is 1. The molecule has 1 aliphatic rings. The fourth-order valence-electron chi connectivity index (χ4n) is 2.13. The van der Waals surface area contributed by atoms with Crippen LogP contribution in [0.1, 0.15) is 29.5 Å². The van der Waals surface area contributed by atoms with Gasteiger partial charge in [-0.3, -0.25) is 0 Å². The second kappa shape index (κ2) is 4.47. The molecule has 80 valence electrons. The van der Waals surface area contributed by atoms with Crippen molar-refractivity contribution in [1.82, 2.24) is 0 Å². The van der Waals surface area contributed by atoms with Gasteiger partial charge in [0.2, 0.25) is 0 Å². The van der Waals surface area contributed by atoms with Gasteiger partial charge in [0.25, 0.3) is 0 Å². The van der Waals surface area contributed by atoms with Crippen LogP contribution in [0.25, 0.3) is 0 Å². The second-order valence-electron chi connectivity index (χ2n) is 4.08. The molecular formula is C13H16O2. The second-order valence-corrected chi connectivity index (χ2v) is 4.08. The molecular weight excluding hydrogens is 188 g/mol. The van der Waals surface area contributed by atoms with Crippen molar-refractivity contribution >= 4 is 6.29 Å². The van der Waals surface area contributed by atoms with Crippen molar-refractivity contribution in [2.75, 3.05) is 6.61 Å². The standard InChI is InChI=1S/C13H16O2/c1-10-8-11(5-6-14)12-4-2-3-7-15-13(12)9-10/h6,8-9H,2-5,7H2,1H3. The minimum Gasteiger partial charge on any atom is -0.493 e. The Morgan fingerprint density at radius 2 is 2.27 bits per heavy atom. The molecule has 0 aromatic heterocycles. The first kappa shape index (κ1) is 10.2. The molecule has 0 spiro atoms. The number of benzene rings is 1. The molecule has 0 saturated heterocycles. The molecule has 0 bridgehead atoms. The number of ether oxygens (including phenoxy) is 1. The van der Waals surface area contributed by atoms with Gasteiger partial charge in [-0.25, -0.2) is 0 Å². The van der Waals surface area contributed by atoms with Crippen molar-refractivity contribution in [2.24, 2.45) is 0 Å². The van der Waals surface area contributed by atoms with Crippen LogP contribution in [0.3, 0.4) is 0 Å². The first-order valence-corrected chi connectivity index (χ1v) is 5.50. The van der Waals surface area contributed by atoms with E-state index in [1.165, 1.54) is 11.1 Å². The lowest BCUT2D eigenvalue weighted by Crippen LogP contribution is -1.99. The van der Waals surface area contributed by atoms with Crippen LogP contribution in [0, 0.1) is 6.92 Å². The third-order valence-corrected chi connectivity index (χ3v) is 2.83. The maximum atomic E-state index is 10.6. The van der Waals surface area contributed by atoms with E-state index in [1.54, 1.807) is 0 Å². The molecule has 0 fully saturated rings. The minimum absolute atomic E-state index is 0.507. The minimum atomic E-state index is 0.507. The summed E-state index contributed by atoms with van der Waals surface area (Å²) in [5, 5.41) is 0. The summed E-state index contributed by atoms with van der Waals surface area (Å²) in [4.78, 5) is 10.6. The smallest absolute Gasteiger partial charge is 0.124 e. The molecule has 0 N–H and O–H groups in total. The normalized spacial score (nSPS) is 15.0. The predicted octanol–water partition coefficient (Wildman–Crippen LogP) is 2.45.